The summed E-state index contributed by atoms with van der Waals surface area (Å²) in [4.78, 5) is 16.2. The quantitative estimate of drug-likeness (QED) is 0.444. The summed E-state index contributed by atoms with van der Waals surface area (Å²) in [6.07, 6.45) is 7.83. The van der Waals surface area contributed by atoms with Gasteiger partial charge in [-0.2, -0.15) is 4.98 Å². The molecule has 1 fully saturated rings. The Kier molecular flexibility index (Phi) is 7.71. The molecule has 1 atom stereocenters. The SMILES string of the molecule is Cc1ccc2c(c1)CCN(c1ccnc(N(C)C)n1)C2Cc1ccc(OCCN2CCCCC2)cc1. The zero-order valence-corrected chi connectivity index (χ0v) is 22.0. The van der Waals surface area contributed by atoms with Gasteiger partial charge in [-0.1, -0.05) is 42.3 Å². The smallest absolute Gasteiger partial charge is 0.226 e. The van der Waals surface area contributed by atoms with Gasteiger partial charge in [-0.25, -0.2) is 4.98 Å². The molecule has 0 spiro atoms. The van der Waals surface area contributed by atoms with E-state index in [9.17, 15) is 0 Å². The van der Waals surface area contributed by atoms with Crippen LogP contribution in [0.25, 0.3) is 0 Å². The van der Waals surface area contributed by atoms with Gasteiger partial charge in [0.25, 0.3) is 0 Å². The summed E-state index contributed by atoms with van der Waals surface area (Å²) < 4.78 is 6.08. The van der Waals surface area contributed by atoms with Crippen molar-refractivity contribution in [2.45, 2.75) is 45.1 Å². The van der Waals surface area contributed by atoms with E-state index in [2.05, 4.69) is 64.2 Å². The number of aromatic nitrogens is 2. The van der Waals surface area contributed by atoms with Gasteiger partial charge in [0.05, 0.1) is 6.04 Å². The van der Waals surface area contributed by atoms with E-state index in [0.717, 1.165) is 50.1 Å². The van der Waals surface area contributed by atoms with E-state index >= 15 is 0 Å². The molecule has 1 saturated heterocycles. The number of ether oxygens (including phenoxy) is 1. The summed E-state index contributed by atoms with van der Waals surface area (Å²) in [5, 5.41) is 0. The molecule has 2 aliphatic rings. The number of fused-ring (bicyclic) bond motifs is 1. The maximum Gasteiger partial charge on any atom is 0.226 e. The fourth-order valence-electron chi connectivity index (χ4n) is 5.47. The van der Waals surface area contributed by atoms with E-state index in [1.165, 1.54) is 54.6 Å². The molecule has 36 heavy (non-hydrogen) atoms. The van der Waals surface area contributed by atoms with Crippen LogP contribution in [0.3, 0.4) is 0 Å². The van der Waals surface area contributed by atoms with Crippen molar-refractivity contribution >= 4 is 11.8 Å². The monoisotopic (exact) mass is 485 g/mol. The van der Waals surface area contributed by atoms with Crippen molar-refractivity contribution in [3.63, 3.8) is 0 Å². The fraction of sp³-hybridized carbons (Fsp3) is 0.467. The minimum absolute atomic E-state index is 0.227. The summed E-state index contributed by atoms with van der Waals surface area (Å²) in [6.45, 7) is 7.32. The summed E-state index contributed by atoms with van der Waals surface area (Å²) in [5.41, 5.74) is 5.49. The van der Waals surface area contributed by atoms with Crippen LogP contribution in [-0.2, 0) is 12.8 Å². The highest BCUT2D eigenvalue weighted by atomic mass is 16.5. The molecule has 5 rings (SSSR count). The molecule has 2 aliphatic heterocycles. The molecule has 0 N–H and O–H groups in total. The lowest BCUT2D eigenvalue weighted by Gasteiger charge is -2.39. The summed E-state index contributed by atoms with van der Waals surface area (Å²) in [6, 6.07) is 17.9. The number of likely N-dealkylation sites (tertiary alicyclic amines) is 1. The van der Waals surface area contributed by atoms with E-state index < -0.39 is 0 Å². The second-order valence-corrected chi connectivity index (χ2v) is 10.4. The van der Waals surface area contributed by atoms with Crippen LogP contribution in [0, 0.1) is 6.92 Å². The van der Waals surface area contributed by atoms with Crippen LogP contribution in [0.2, 0.25) is 0 Å². The van der Waals surface area contributed by atoms with Gasteiger partial charge < -0.3 is 14.5 Å². The molecule has 0 amide bonds. The minimum Gasteiger partial charge on any atom is -0.492 e. The van der Waals surface area contributed by atoms with Gasteiger partial charge in [0.1, 0.15) is 18.2 Å². The average Bonchev–Trinajstić information content (AvgIpc) is 2.90. The number of rotatable bonds is 8. The van der Waals surface area contributed by atoms with Crippen molar-refractivity contribution in [1.82, 2.24) is 14.9 Å². The number of piperidine rings is 1. The molecule has 3 heterocycles. The van der Waals surface area contributed by atoms with Crippen LogP contribution >= 0.6 is 0 Å². The van der Waals surface area contributed by atoms with Crippen LogP contribution in [0.15, 0.2) is 54.7 Å². The predicted molar refractivity (Wildman–Crippen MR) is 147 cm³/mol. The molecule has 1 unspecified atom stereocenters. The van der Waals surface area contributed by atoms with Crippen LogP contribution in [0.1, 0.15) is 47.6 Å². The first-order valence-electron chi connectivity index (χ1n) is 13.4. The normalized spacial score (nSPS) is 18.1. The third kappa shape index (κ3) is 5.81. The maximum absolute atomic E-state index is 6.08. The molecule has 0 radical (unpaired) electrons. The van der Waals surface area contributed by atoms with E-state index in [1.54, 1.807) is 0 Å². The second-order valence-electron chi connectivity index (χ2n) is 10.4. The minimum atomic E-state index is 0.227. The van der Waals surface area contributed by atoms with Gasteiger partial charge in [-0.3, -0.25) is 4.90 Å². The summed E-state index contributed by atoms with van der Waals surface area (Å²) in [7, 11) is 3.97. The summed E-state index contributed by atoms with van der Waals surface area (Å²) in [5.74, 6) is 2.69. The average molecular weight is 486 g/mol. The zero-order chi connectivity index (χ0) is 24.9. The molecule has 3 aromatic rings. The lowest BCUT2D eigenvalue weighted by molar-refractivity contribution is 0.183. The van der Waals surface area contributed by atoms with Gasteiger partial charge in [-0.15, -0.1) is 0 Å². The number of nitrogens with zero attached hydrogens (tertiary/aromatic N) is 5. The molecular formula is C30H39N5O. The van der Waals surface area contributed by atoms with Gasteiger partial charge in [-0.05, 0) is 80.6 Å². The standard InChI is InChI=1S/C30H39N5O/c1-23-7-12-27-25(21-23)14-18-35(29-13-15-31-30(32-29)33(2)3)28(27)22-24-8-10-26(11-9-24)36-20-19-34-16-5-4-6-17-34/h7-13,15,21,28H,4-6,14,16-20,22H2,1-3H3. The Morgan fingerprint density at radius 1 is 0.972 bits per heavy atom. The van der Waals surface area contributed by atoms with E-state index in [1.807, 2.05) is 31.3 Å². The highest BCUT2D eigenvalue weighted by molar-refractivity contribution is 5.51. The summed E-state index contributed by atoms with van der Waals surface area (Å²) >= 11 is 0. The number of benzene rings is 2. The van der Waals surface area contributed by atoms with E-state index in [-0.39, 0.29) is 6.04 Å². The number of aryl methyl sites for hydroxylation is 1. The highest BCUT2D eigenvalue weighted by Crippen LogP contribution is 2.36. The Labute approximate surface area is 215 Å². The van der Waals surface area contributed by atoms with E-state index in [4.69, 9.17) is 9.72 Å². The van der Waals surface area contributed by atoms with Crippen molar-refractivity contribution in [2.75, 3.05) is 56.7 Å². The second kappa shape index (κ2) is 11.3. The predicted octanol–water partition coefficient (Wildman–Crippen LogP) is 5.06. The fourth-order valence-corrected chi connectivity index (χ4v) is 5.47. The zero-order valence-electron chi connectivity index (χ0n) is 22.0. The first kappa shape index (κ1) is 24.6. The van der Waals surface area contributed by atoms with Crippen molar-refractivity contribution in [2.24, 2.45) is 0 Å². The van der Waals surface area contributed by atoms with E-state index in [0.29, 0.717) is 0 Å². The molecule has 0 saturated carbocycles. The molecule has 190 valence electrons. The van der Waals surface area contributed by atoms with Crippen LogP contribution in [-0.4, -0.2) is 61.7 Å². The highest BCUT2D eigenvalue weighted by Gasteiger charge is 2.29. The molecule has 2 aromatic carbocycles. The first-order valence-corrected chi connectivity index (χ1v) is 13.4. The number of hydrogen-bond donors (Lipinski definition) is 0. The van der Waals surface area contributed by atoms with Crippen LogP contribution in [0.5, 0.6) is 5.75 Å². The molecule has 6 nitrogen and oxygen atoms in total. The van der Waals surface area contributed by atoms with Crippen molar-refractivity contribution in [3.05, 3.63) is 77.0 Å². The molecule has 0 aliphatic carbocycles. The third-order valence-electron chi connectivity index (χ3n) is 7.46. The third-order valence-corrected chi connectivity index (χ3v) is 7.46. The van der Waals surface area contributed by atoms with Gasteiger partial charge in [0.2, 0.25) is 5.95 Å². The van der Waals surface area contributed by atoms with Gasteiger partial charge in [0, 0.05) is 33.4 Å². The Bertz CT molecular complexity index is 1140. The molecule has 6 heteroatoms. The van der Waals surface area contributed by atoms with Crippen molar-refractivity contribution in [1.29, 1.82) is 0 Å². The number of hydrogen-bond acceptors (Lipinski definition) is 6. The number of anilines is 2. The molecular weight excluding hydrogens is 446 g/mol. The van der Waals surface area contributed by atoms with Gasteiger partial charge in [0.15, 0.2) is 0 Å². The van der Waals surface area contributed by atoms with Crippen LogP contribution < -0.4 is 14.5 Å². The van der Waals surface area contributed by atoms with Crippen LogP contribution in [0.4, 0.5) is 11.8 Å². The first-order chi connectivity index (χ1) is 17.6. The topological polar surface area (TPSA) is 44.7 Å². The Morgan fingerprint density at radius 2 is 1.78 bits per heavy atom. The molecule has 0 bridgehead atoms. The lowest BCUT2D eigenvalue weighted by Crippen LogP contribution is -2.37. The Morgan fingerprint density at radius 3 is 2.56 bits per heavy atom. The largest absolute Gasteiger partial charge is 0.492 e. The maximum atomic E-state index is 6.08. The Hall–Kier alpha value is -3.12. The lowest BCUT2D eigenvalue weighted by atomic mass is 9.87. The Balaban J connectivity index is 1.32. The molecule has 1 aromatic heterocycles. The van der Waals surface area contributed by atoms with Gasteiger partial charge >= 0.3 is 0 Å². The van der Waals surface area contributed by atoms with Crippen molar-refractivity contribution < 1.29 is 4.74 Å². The van der Waals surface area contributed by atoms with Crippen molar-refractivity contribution in [3.8, 4) is 5.75 Å².